The van der Waals surface area contributed by atoms with Crippen LogP contribution in [0, 0.1) is 6.92 Å². The van der Waals surface area contributed by atoms with Crippen LogP contribution in [0.2, 0.25) is 0 Å². The van der Waals surface area contributed by atoms with Crippen LogP contribution in [0.25, 0.3) is 0 Å². The molecule has 2 rings (SSSR count). The van der Waals surface area contributed by atoms with Crippen molar-refractivity contribution >= 4 is 0 Å². The molecule has 78 valence electrons. The van der Waals surface area contributed by atoms with Crippen LogP contribution >= 0.6 is 0 Å². The van der Waals surface area contributed by atoms with Crippen LogP contribution in [0.15, 0.2) is 36.8 Å². The summed E-state index contributed by atoms with van der Waals surface area (Å²) in [6.45, 7) is 2.01. The number of rotatable bonds is 2. The molecule has 0 saturated carbocycles. The molecular weight excluding hydrogens is 188 g/mol. The van der Waals surface area contributed by atoms with Crippen LogP contribution in [0.1, 0.15) is 22.9 Å². The maximum Gasteiger partial charge on any atom is 0.121 e. The molecule has 1 aromatic heterocycles. The molecule has 0 aliphatic rings. The summed E-state index contributed by atoms with van der Waals surface area (Å²) >= 11 is 0. The van der Waals surface area contributed by atoms with Gasteiger partial charge in [0, 0.05) is 7.05 Å². The number of aliphatic hydroxyl groups is 1. The van der Waals surface area contributed by atoms with Crippen molar-refractivity contribution < 1.29 is 5.11 Å². The lowest BCUT2D eigenvalue weighted by Crippen LogP contribution is -2.05. The summed E-state index contributed by atoms with van der Waals surface area (Å²) in [4.78, 5) is 3.99. The van der Waals surface area contributed by atoms with E-state index < -0.39 is 6.10 Å². The molecule has 1 aromatic carbocycles. The first kappa shape index (κ1) is 9.93. The van der Waals surface area contributed by atoms with Gasteiger partial charge in [0.2, 0.25) is 0 Å². The van der Waals surface area contributed by atoms with Gasteiger partial charge in [-0.15, -0.1) is 0 Å². The summed E-state index contributed by atoms with van der Waals surface area (Å²) in [5.41, 5.74) is 2.85. The molecule has 3 nitrogen and oxygen atoms in total. The van der Waals surface area contributed by atoms with Crippen molar-refractivity contribution in [2.45, 2.75) is 13.0 Å². The molecule has 0 fully saturated rings. The van der Waals surface area contributed by atoms with Gasteiger partial charge in [0.1, 0.15) is 6.10 Å². The third kappa shape index (κ3) is 1.92. The molecule has 0 bridgehead atoms. The molecule has 1 heterocycles. The van der Waals surface area contributed by atoms with Crippen LogP contribution in [0.3, 0.4) is 0 Å². The molecule has 0 radical (unpaired) electrons. The molecule has 2 aromatic rings. The summed E-state index contributed by atoms with van der Waals surface area (Å²) in [5.74, 6) is 0. The molecule has 0 amide bonds. The Balaban J connectivity index is 2.36. The summed E-state index contributed by atoms with van der Waals surface area (Å²) in [7, 11) is 1.88. The van der Waals surface area contributed by atoms with Gasteiger partial charge in [0.05, 0.1) is 18.2 Å². The molecule has 3 heteroatoms. The van der Waals surface area contributed by atoms with Gasteiger partial charge in [-0.1, -0.05) is 29.8 Å². The van der Waals surface area contributed by atoms with Gasteiger partial charge in [0.25, 0.3) is 0 Å². The zero-order valence-electron chi connectivity index (χ0n) is 8.88. The van der Waals surface area contributed by atoms with E-state index in [0.29, 0.717) is 0 Å². The molecule has 1 atom stereocenters. The Bertz CT molecular complexity index is 462. The smallest absolute Gasteiger partial charge is 0.121 e. The van der Waals surface area contributed by atoms with E-state index in [-0.39, 0.29) is 0 Å². The second-order valence-corrected chi connectivity index (χ2v) is 3.75. The third-order valence-corrected chi connectivity index (χ3v) is 2.49. The van der Waals surface area contributed by atoms with Crippen molar-refractivity contribution in [1.82, 2.24) is 9.55 Å². The predicted octanol–water partition coefficient (Wildman–Crippen LogP) is 1.81. The highest BCUT2D eigenvalue weighted by atomic mass is 16.3. The van der Waals surface area contributed by atoms with Crippen molar-refractivity contribution in [2.24, 2.45) is 7.05 Å². The van der Waals surface area contributed by atoms with Gasteiger partial charge >= 0.3 is 0 Å². The SMILES string of the molecule is Cc1cccc(C(O)c2cncn2C)c1. The fraction of sp³-hybridized carbons (Fsp3) is 0.250. The van der Waals surface area contributed by atoms with E-state index in [4.69, 9.17) is 0 Å². The molecular formula is C12H14N2O. The number of imidazole rings is 1. The summed E-state index contributed by atoms with van der Waals surface area (Å²) < 4.78 is 1.83. The number of aromatic nitrogens is 2. The molecule has 15 heavy (non-hydrogen) atoms. The topological polar surface area (TPSA) is 38.1 Å². The van der Waals surface area contributed by atoms with Crippen molar-refractivity contribution in [3.63, 3.8) is 0 Å². The zero-order chi connectivity index (χ0) is 10.8. The zero-order valence-corrected chi connectivity index (χ0v) is 8.88. The first-order valence-electron chi connectivity index (χ1n) is 4.89. The maximum absolute atomic E-state index is 10.1. The number of nitrogens with zero attached hydrogens (tertiary/aromatic N) is 2. The van der Waals surface area contributed by atoms with E-state index in [1.54, 1.807) is 12.5 Å². The van der Waals surface area contributed by atoms with E-state index in [1.165, 1.54) is 0 Å². The van der Waals surface area contributed by atoms with E-state index in [1.807, 2.05) is 42.8 Å². The van der Waals surface area contributed by atoms with Gasteiger partial charge in [-0.3, -0.25) is 0 Å². The molecule has 0 aliphatic carbocycles. The number of benzene rings is 1. The van der Waals surface area contributed by atoms with Crippen LogP contribution in [0.4, 0.5) is 0 Å². The predicted molar refractivity (Wildman–Crippen MR) is 58.4 cm³/mol. The van der Waals surface area contributed by atoms with Crippen LogP contribution in [-0.2, 0) is 7.05 Å². The minimum atomic E-state index is -0.600. The van der Waals surface area contributed by atoms with Gasteiger partial charge in [0.15, 0.2) is 0 Å². The molecule has 0 spiro atoms. The minimum Gasteiger partial charge on any atom is -0.382 e. The summed E-state index contributed by atoms with van der Waals surface area (Å²) in [5, 5.41) is 10.1. The number of aliphatic hydroxyl groups excluding tert-OH is 1. The standard InChI is InChI=1S/C12H14N2O/c1-9-4-3-5-10(6-9)12(15)11-7-13-8-14(11)2/h3-8,12,15H,1-2H3. The maximum atomic E-state index is 10.1. The van der Waals surface area contributed by atoms with Gasteiger partial charge in [-0.25, -0.2) is 4.98 Å². The Hall–Kier alpha value is -1.61. The van der Waals surface area contributed by atoms with Gasteiger partial charge in [-0.2, -0.15) is 0 Å². The summed E-state index contributed by atoms with van der Waals surface area (Å²) in [6, 6.07) is 7.87. The highest BCUT2D eigenvalue weighted by Crippen LogP contribution is 2.21. The van der Waals surface area contributed by atoms with Crippen molar-refractivity contribution in [2.75, 3.05) is 0 Å². The highest BCUT2D eigenvalue weighted by Gasteiger charge is 2.13. The molecule has 0 aliphatic heterocycles. The largest absolute Gasteiger partial charge is 0.382 e. The van der Waals surface area contributed by atoms with E-state index >= 15 is 0 Å². The van der Waals surface area contributed by atoms with Crippen LogP contribution in [0.5, 0.6) is 0 Å². The Kier molecular flexibility index (Phi) is 2.56. The second kappa shape index (κ2) is 3.87. The van der Waals surface area contributed by atoms with Crippen molar-refractivity contribution in [1.29, 1.82) is 0 Å². The Morgan fingerprint density at radius 3 is 2.80 bits per heavy atom. The third-order valence-electron chi connectivity index (χ3n) is 2.49. The average Bonchev–Trinajstić information content (AvgIpc) is 2.63. The lowest BCUT2D eigenvalue weighted by atomic mass is 10.0. The minimum absolute atomic E-state index is 0.600. The molecule has 1 N–H and O–H groups in total. The average molecular weight is 202 g/mol. The lowest BCUT2D eigenvalue weighted by molar-refractivity contribution is 0.211. The molecule has 0 saturated heterocycles. The fourth-order valence-electron chi connectivity index (χ4n) is 1.64. The summed E-state index contributed by atoms with van der Waals surface area (Å²) in [6.07, 6.45) is 2.78. The van der Waals surface area contributed by atoms with E-state index in [0.717, 1.165) is 16.8 Å². The Morgan fingerprint density at radius 2 is 2.20 bits per heavy atom. The first-order chi connectivity index (χ1) is 7.18. The Labute approximate surface area is 89.0 Å². The normalized spacial score (nSPS) is 12.7. The fourth-order valence-corrected chi connectivity index (χ4v) is 1.64. The quantitative estimate of drug-likeness (QED) is 0.806. The van der Waals surface area contributed by atoms with E-state index in [9.17, 15) is 5.11 Å². The highest BCUT2D eigenvalue weighted by molar-refractivity contribution is 5.28. The number of hydrogen-bond donors (Lipinski definition) is 1. The monoisotopic (exact) mass is 202 g/mol. The van der Waals surface area contributed by atoms with Gasteiger partial charge in [-0.05, 0) is 12.5 Å². The first-order valence-corrected chi connectivity index (χ1v) is 4.89. The van der Waals surface area contributed by atoms with Gasteiger partial charge < -0.3 is 9.67 Å². The molecule has 1 unspecified atom stereocenters. The van der Waals surface area contributed by atoms with Crippen molar-refractivity contribution in [3.05, 3.63) is 53.6 Å². The van der Waals surface area contributed by atoms with Crippen LogP contribution in [-0.4, -0.2) is 14.7 Å². The number of hydrogen-bond acceptors (Lipinski definition) is 2. The van der Waals surface area contributed by atoms with Crippen molar-refractivity contribution in [3.8, 4) is 0 Å². The van der Waals surface area contributed by atoms with E-state index in [2.05, 4.69) is 4.98 Å². The Morgan fingerprint density at radius 1 is 1.40 bits per heavy atom. The number of aryl methyl sites for hydroxylation is 2. The van der Waals surface area contributed by atoms with Crippen LogP contribution < -0.4 is 0 Å². The second-order valence-electron chi connectivity index (χ2n) is 3.75. The lowest BCUT2D eigenvalue weighted by Gasteiger charge is -2.11.